The number of aromatic nitrogens is 2. The third-order valence-corrected chi connectivity index (χ3v) is 3.82. The molecule has 0 bridgehead atoms. The number of hydrogen-bond donors (Lipinski definition) is 1. The predicted molar refractivity (Wildman–Crippen MR) is 78.5 cm³/mol. The van der Waals surface area contributed by atoms with Gasteiger partial charge in [-0.1, -0.05) is 25.1 Å². The molecular weight excluding hydrogens is 250 g/mol. The summed E-state index contributed by atoms with van der Waals surface area (Å²) >= 11 is 0. The summed E-state index contributed by atoms with van der Waals surface area (Å²) < 4.78 is 8.21. The Morgan fingerprint density at radius 1 is 1.40 bits per heavy atom. The first-order valence-corrected chi connectivity index (χ1v) is 7.27. The van der Waals surface area contributed by atoms with Gasteiger partial charge in [0.15, 0.2) is 0 Å². The fourth-order valence-corrected chi connectivity index (χ4v) is 2.42. The van der Waals surface area contributed by atoms with E-state index in [1.807, 2.05) is 36.8 Å². The van der Waals surface area contributed by atoms with E-state index < -0.39 is 0 Å². The second-order valence-corrected chi connectivity index (χ2v) is 5.36. The lowest BCUT2D eigenvalue weighted by Crippen LogP contribution is -2.11. The minimum atomic E-state index is 0.0274. The normalized spacial score (nSPS) is 16.1. The average molecular weight is 271 g/mol. The first-order valence-electron chi connectivity index (χ1n) is 7.27. The second-order valence-electron chi connectivity index (χ2n) is 5.36. The summed E-state index contributed by atoms with van der Waals surface area (Å²) in [6, 6.07) is 8.68. The minimum Gasteiger partial charge on any atom is -0.487 e. The van der Waals surface area contributed by atoms with Crippen molar-refractivity contribution in [3.63, 3.8) is 0 Å². The van der Waals surface area contributed by atoms with Crippen molar-refractivity contribution in [2.75, 3.05) is 0 Å². The van der Waals surface area contributed by atoms with Gasteiger partial charge in [-0.25, -0.2) is 4.98 Å². The molecule has 0 unspecified atom stereocenters. The van der Waals surface area contributed by atoms with Gasteiger partial charge in [-0.05, 0) is 25.3 Å². The Labute approximate surface area is 119 Å². The van der Waals surface area contributed by atoms with Crippen LogP contribution in [0.4, 0.5) is 0 Å². The SMILES string of the molecule is CC[C@@H](N)c1ccccc1OCc1cncn1C1CC1. The van der Waals surface area contributed by atoms with Gasteiger partial charge in [0.2, 0.25) is 0 Å². The Balaban J connectivity index is 1.73. The van der Waals surface area contributed by atoms with Crippen LogP contribution < -0.4 is 10.5 Å². The highest BCUT2D eigenvalue weighted by Crippen LogP contribution is 2.36. The van der Waals surface area contributed by atoms with E-state index in [9.17, 15) is 0 Å². The van der Waals surface area contributed by atoms with Crippen LogP contribution in [-0.4, -0.2) is 9.55 Å². The van der Waals surface area contributed by atoms with E-state index in [4.69, 9.17) is 10.5 Å². The predicted octanol–water partition coefficient (Wildman–Crippen LogP) is 3.21. The molecule has 106 valence electrons. The summed E-state index contributed by atoms with van der Waals surface area (Å²) in [5, 5.41) is 0. The van der Waals surface area contributed by atoms with Gasteiger partial charge in [0, 0.05) is 17.6 Å². The molecule has 1 aliphatic rings. The van der Waals surface area contributed by atoms with Crippen LogP contribution in [0, 0.1) is 0 Å². The van der Waals surface area contributed by atoms with Crippen LogP contribution in [0.3, 0.4) is 0 Å². The average Bonchev–Trinajstić information content (AvgIpc) is 3.23. The van der Waals surface area contributed by atoms with Crippen LogP contribution in [0.15, 0.2) is 36.8 Å². The molecule has 4 heteroatoms. The zero-order valence-electron chi connectivity index (χ0n) is 11.8. The van der Waals surface area contributed by atoms with Crippen LogP contribution in [0.25, 0.3) is 0 Å². The van der Waals surface area contributed by atoms with E-state index in [0.29, 0.717) is 12.6 Å². The lowest BCUT2D eigenvalue weighted by atomic mass is 10.0. The summed E-state index contributed by atoms with van der Waals surface area (Å²) in [6.45, 7) is 2.63. The number of hydrogen-bond acceptors (Lipinski definition) is 3. The quantitative estimate of drug-likeness (QED) is 0.877. The molecule has 1 saturated carbocycles. The van der Waals surface area contributed by atoms with E-state index in [1.165, 1.54) is 12.8 Å². The zero-order valence-corrected chi connectivity index (χ0v) is 11.8. The maximum Gasteiger partial charge on any atom is 0.130 e. The molecule has 1 heterocycles. The molecule has 0 spiro atoms. The van der Waals surface area contributed by atoms with Gasteiger partial charge in [-0.2, -0.15) is 0 Å². The summed E-state index contributed by atoms with van der Waals surface area (Å²) in [4.78, 5) is 4.23. The molecule has 1 fully saturated rings. The van der Waals surface area contributed by atoms with Gasteiger partial charge in [-0.15, -0.1) is 0 Å². The number of benzene rings is 1. The monoisotopic (exact) mass is 271 g/mol. The highest BCUT2D eigenvalue weighted by atomic mass is 16.5. The van der Waals surface area contributed by atoms with Gasteiger partial charge < -0.3 is 15.0 Å². The molecule has 0 saturated heterocycles. The van der Waals surface area contributed by atoms with E-state index >= 15 is 0 Å². The maximum absolute atomic E-state index is 6.13. The van der Waals surface area contributed by atoms with Crippen molar-refractivity contribution in [2.24, 2.45) is 5.73 Å². The Hall–Kier alpha value is -1.81. The van der Waals surface area contributed by atoms with Crippen molar-refractivity contribution in [3.8, 4) is 5.75 Å². The van der Waals surface area contributed by atoms with Gasteiger partial charge >= 0.3 is 0 Å². The number of ether oxygens (including phenoxy) is 1. The molecule has 20 heavy (non-hydrogen) atoms. The van der Waals surface area contributed by atoms with Crippen molar-refractivity contribution >= 4 is 0 Å². The Morgan fingerprint density at radius 3 is 2.95 bits per heavy atom. The van der Waals surface area contributed by atoms with Crippen molar-refractivity contribution in [3.05, 3.63) is 48.0 Å². The summed E-state index contributed by atoms with van der Waals surface area (Å²) in [5.74, 6) is 0.880. The maximum atomic E-state index is 6.13. The highest BCUT2D eigenvalue weighted by Gasteiger charge is 2.25. The number of imidazole rings is 1. The molecule has 1 aliphatic carbocycles. The van der Waals surface area contributed by atoms with E-state index in [0.717, 1.165) is 23.4 Å². The van der Waals surface area contributed by atoms with Crippen LogP contribution in [0.2, 0.25) is 0 Å². The van der Waals surface area contributed by atoms with E-state index in [2.05, 4.69) is 16.5 Å². The molecule has 0 radical (unpaired) electrons. The molecule has 1 aromatic carbocycles. The minimum absolute atomic E-state index is 0.0274. The topological polar surface area (TPSA) is 53.1 Å². The fourth-order valence-electron chi connectivity index (χ4n) is 2.42. The molecular formula is C16H21N3O. The van der Waals surface area contributed by atoms with E-state index in [-0.39, 0.29) is 6.04 Å². The number of nitrogens with two attached hydrogens (primary N) is 1. The van der Waals surface area contributed by atoms with Crippen molar-refractivity contribution in [2.45, 2.75) is 44.9 Å². The van der Waals surface area contributed by atoms with Gasteiger partial charge in [0.1, 0.15) is 12.4 Å². The molecule has 3 rings (SSSR count). The molecule has 2 aromatic rings. The number of rotatable bonds is 6. The Kier molecular flexibility index (Phi) is 3.74. The first-order chi connectivity index (χ1) is 9.79. The van der Waals surface area contributed by atoms with Crippen molar-refractivity contribution in [1.82, 2.24) is 9.55 Å². The van der Waals surface area contributed by atoms with Crippen LogP contribution >= 0.6 is 0 Å². The Morgan fingerprint density at radius 2 is 2.20 bits per heavy atom. The van der Waals surface area contributed by atoms with Crippen LogP contribution in [0.1, 0.15) is 49.5 Å². The van der Waals surface area contributed by atoms with Crippen LogP contribution in [0.5, 0.6) is 5.75 Å². The number of para-hydroxylation sites is 1. The summed E-state index contributed by atoms with van der Waals surface area (Å²) in [5.41, 5.74) is 8.34. The molecule has 1 aromatic heterocycles. The molecule has 4 nitrogen and oxygen atoms in total. The van der Waals surface area contributed by atoms with Gasteiger partial charge in [0.05, 0.1) is 18.2 Å². The largest absolute Gasteiger partial charge is 0.487 e. The summed E-state index contributed by atoms with van der Waals surface area (Å²) in [7, 11) is 0. The molecule has 2 N–H and O–H groups in total. The smallest absolute Gasteiger partial charge is 0.130 e. The van der Waals surface area contributed by atoms with E-state index in [1.54, 1.807) is 0 Å². The highest BCUT2D eigenvalue weighted by molar-refractivity contribution is 5.35. The fraction of sp³-hybridized carbons (Fsp3) is 0.438. The molecule has 0 amide bonds. The second kappa shape index (κ2) is 5.67. The molecule has 0 aliphatic heterocycles. The first kappa shape index (κ1) is 13.2. The Bertz CT molecular complexity index is 575. The third kappa shape index (κ3) is 2.70. The van der Waals surface area contributed by atoms with Crippen molar-refractivity contribution < 1.29 is 4.74 Å². The lowest BCUT2D eigenvalue weighted by Gasteiger charge is -2.16. The van der Waals surface area contributed by atoms with Gasteiger partial charge in [0.25, 0.3) is 0 Å². The zero-order chi connectivity index (χ0) is 13.9. The van der Waals surface area contributed by atoms with Crippen molar-refractivity contribution in [1.29, 1.82) is 0 Å². The third-order valence-electron chi connectivity index (χ3n) is 3.82. The van der Waals surface area contributed by atoms with Gasteiger partial charge in [-0.3, -0.25) is 0 Å². The summed E-state index contributed by atoms with van der Waals surface area (Å²) in [6.07, 6.45) is 7.20. The van der Waals surface area contributed by atoms with Crippen LogP contribution in [-0.2, 0) is 6.61 Å². The number of nitrogens with zero attached hydrogens (tertiary/aromatic N) is 2. The lowest BCUT2D eigenvalue weighted by molar-refractivity contribution is 0.290. The standard InChI is InChI=1S/C16H21N3O/c1-2-15(17)14-5-3-4-6-16(14)20-10-13-9-18-11-19(13)12-7-8-12/h3-6,9,11-12,15H,2,7-8,10,17H2,1H3/t15-/m1/s1. The molecule has 1 atom stereocenters.